The molecule has 1 aromatic rings. The van der Waals surface area contributed by atoms with Crippen LogP contribution in [0.4, 0.5) is 5.82 Å². The van der Waals surface area contributed by atoms with Crippen LogP contribution in [0, 0.1) is 5.41 Å². The Bertz CT molecular complexity index is 1280. The summed E-state index contributed by atoms with van der Waals surface area (Å²) in [7, 11) is -2.75. The van der Waals surface area contributed by atoms with Gasteiger partial charge in [0.15, 0.2) is 5.71 Å². The van der Waals surface area contributed by atoms with E-state index in [1.54, 1.807) is 12.1 Å². The van der Waals surface area contributed by atoms with Gasteiger partial charge in [0.2, 0.25) is 5.90 Å². The first-order valence-electron chi connectivity index (χ1n) is 12.8. The molecule has 0 fully saturated rings. The lowest BCUT2D eigenvalue weighted by Crippen LogP contribution is -2.34. The van der Waals surface area contributed by atoms with Gasteiger partial charge in [-0.2, -0.15) is 0 Å². The number of aryl methyl sites for hydroxylation is 1. The monoisotopic (exact) mass is 546 g/mol. The molecule has 0 saturated carbocycles. The first-order chi connectivity index (χ1) is 17.8. The number of fused-ring (bicyclic) bond motifs is 1. The van der Waals surface area contributed by atoms with Crippen LogP contribution < -0.4 is 4.57 Å². The van der Waals surface area contributed by atoms with Crippen LogP contribution in [0.1, 0.15) is 65.4 Å². The highest BCUT2D eigenvalue weighted by molar-refractivity contribution is 7.85. The van der Waals surface area contributed by atoms with Gasteiger partial charge in [-0.15, -0.1) is 5.10 Å². The lowest BCUT2D eigenvalue weighted by atomic mass is 9.82. The van der Waals surface area contributed by atoms with Gasteiger partial charge >= 0.3 is 11.8 Å². The molecule has 2 aliphatic rings. The van der Waals surface area contributed by atoms with E-state index in [1.165, 1.54) is 0 Å². The Morgan fingerprint density at radius 1 is 1.18 bits per heavy atom. The highest BCUT2D eigenvalue weighted by Gasteiger charge is 2.42. The molecule has 0 saturated heterocycles. The molecular formula is C27H38N4O6S. The molecule has 2 aliphatic heterocycles. The fourth-order valence-corrected chi connectivity index (χ4v) is 5.29. The average Bonchev–Trinajstić information content (AvgIpc) is 3.22. The summed E-state index contributed by atoms with van der Waals surface area (Å²) in [6, 6.07) is 4.11. The standard InChI is InChI=1S/C27H38N4O6S/c1-26(2)20-12-10-17-30(16-8-6-7-15-23(32)33)24(20)28-21(26)13-9-14-22-27(3,4)25(37-5)29-31(22)18-11-19-38(34,35)36/h9-10,12-14,17H,6-8,11,15-16,18-19H2,1-5H3,(H-,32,33,34,35,36). The minimum Gasteiger partial charge on any atom is -0.748 e. The van der Waals surface area contributed by atoms with Gasteiger partial charge in [-0.1, -0.05) is 6.08 Å². The number of nitrogens with zero attached hydrogens (tertiary/aromatic N) is 4. The van der Waals surface area contributed by atoms with Crippen LogP contribution in [-0.2, 0) is 31.6 Å². The number of allylic oxidation sites excluding steroid dienone is 3. The Balaban J connectivity index is 1.79. The molecular weight excluding hydrogens is 508 g/mol. The van der Waals surface area contributed by atoms with E-state index in [1.807, 2.05) is 44.3 Å². The number of carboxylic acid groups (broad SMARTS) is 1. The number of aromatic nitrogens is 1. The molecule has 0 atom stereocenters. The number of hydrogen-bond donors (Lipinski definition) is 1. The molecule has 0 spiro atoms. The maximum absolute atomic E-state index is 11.0. The third kappa shape index (κ3) is 6.87. The van der Waals surface area contributed by atoms with E-state index in [-0.39, 0.29) is 24.8 Å². The predicted octanol–water partition coefficient (Wildman–Crippen LogP) is 3.66. The zero-order valence-corrected chi connectivity index (χ0v) is 23.6. The van der Waals surface area contributed by atoms with Crippen molar-refractivity contribution in [3.05, 3.63) is 47.8 Å². The second-order valence-corrected chi connectivity index (χ2v) is 12.2. The SMILES string of the molecule is COC1=NN(CCCS(=O)(=O)[O-])/C(=C/C=C/C2=Nc3c(ccc[n+]3CCCCCC(=O)O)C2(C)C)C1(C)C. The van der Waals surface area contributed by atoms with Crippen LogP contribution in [0.3, 0.4) is 0 Å². The maximum Gasteiger partial charge on any atom is 0.327 e. The number of rotatable bonds is 12. The van der Waals surface area contributed by atoms with Crippen molar-refractivity contribution in [3.63, 3.8) is 0 Å². The Labute approximate surface area is 225 Å². The Morgan fingerprint density at radius 2 is 1.92 bits per heavy atom. The third-order valence-electron chi connectivity index (χ3n) is 7.00. The van der Waals surface area contributed by atoms with Gasteiger partial charge in [0, 0.05) is 18.7 Å². The molecule has 1 aromatic heterocycles. The molecule has 3 heterocycles. The van der Waals surface area contributed by atoms with Gasteiger partial charge in [0.1, 0.15) is 0 Å². The summed E-state index contributed by atoms with van der Waals surface area (Å²) >= 11 is 0. The van der Waals surface area contributed by atoms with Gasteiger partial charge in [0.05, 0.1) is 52.1 Å². The summed E-state index contributed by atoms with van der Waals surface area (Å²) < 4.78 is 40.7. The number of pyridine rings is 1. The van der Waals surface area contributed by atoms with Crippen LogP contribution in [0.5, 0.6) is 0 Å². The number of carboxylic acids is 1. The average molecular weight is 547 g/mol. The zero-order chi connectivity index (χ0) is 28.1. The van der Waals surface area contributed by atoms with Crippen molar-refractivity contribution < 1.29 is 32.2 Å². The molecule has 0 radical (unpaired) electrons. The molecule has 10 nitrogen and oxygen atoms in total. The van der Waals surface area contributed by atoms with Crippen molar-refractivity contribution in [2.24, 2.45) is 15.5 Å². The summed E-state index contributed by atoms with van der Waals surface area (Å²) in [6.07, 6.45) is 10.6. The lowest BCUT2D eigenvalue weighted by Gasteiger charge is -2.24. The van der Waals surface area contributed by atoms with Crippen LogP contribution in [-0.4, -0.2) is 60.1 Å². The first-order valence-corrected chi connectivity index (χ1v) is 14.4. The zero-order valence-electron chi connectivity index (χ0n) is 22.8. The highest BCUT2D eigenvalue weighted by atomic mass is 32.2. The Morgan fingerprint density at radius 3 is 2.58 bits per heavy atom. The topological polar surface area (TPSA) is 136 Å². The molecule has 208 valence electrons. The van der Waals surface area contributed by atoms with Crippen molar-refractivity contribution in [3.8, 4) is 0 Å². The van der Waals surface area contributed by atoms with E-state index >= 15 is 0 Å². The number of hydrazone groups is 1. The fourth-order valence-electron chi connectivity index (χ4n) is 4.81. The van der Waals surface area contributed by atoms with Gasteiger partial charge in [-0.3, -0.25) is 9.80 Å². The summed E-state index contributed by atoms with van der Waals surface area (Å²) in [4.78, 5) is 15.7. The van der Waals surface area contributed by atoms with Crippen molar-refractivity contribution in [1.29, 1.82) is 0 Å². The second kappa shape index (κ2) is 11.8. The van der Waals surface area contributed by atoms with E-state index in [0.717, 1.165) is 42.2 Å². The lowest BCUT2D eigenvalue weighted by molar-refractivity contribution is -0.684. The molecule has 0 aliphatic carbocycles. The number of ether oxygens (including phenoxy) is 1. The van der Waals surface area contributed by atoms with E-state index < -0.39 is 27.3 Å². The fraction of sp³-hybridized carbons (Fsp3) is 0.556. The molecule has 1 N–H and O–H groups in total. The number of aliphatic carboxylic acids is 1. The van der Waals surface area contributed by atoms with Crippen LogP contribution in [0.25, 0.3) is 0 Å². The molecule has 0 aromatic carbocycles. The Hall–Kier alpha value is -3.05. The number of hydrogen-bond acceptors (Lipinski definition) is 8. The highest BCUT2D eigenvalue weighted by Crippen LogP contribution is 2.39. The van der Waals surface area contributed by atoms with Gasteiger partial charge in [0.25, 0.3) is 0 Å². The third-order valence-corrected chi connectivity index (χ3v) is 7.79. The van der Waals surface area contributed by atoms with Crippen molar-refractivity contribution in [2.75, 3.05) is 19.4 Å². The van der Waals surface area contributed by atoms with Crippen LogP contribution >= 0.6 is 0 Å². The molecule has 0 amide bonds. The summed E-state index contributed by atoms with van der Waals surface area (Å²) in [5.74, 6) is 0.209. The van der Waals surface area contributed by atoms with Gasteiger partial charge in [-0.05, 0) is 82.7 Å². The van der Waals surface area contributed by atoms with Crippen molar-refractivity contribution >= 4 is 33.5 Å². The largest absolute Gasteiger partial charge is 0.748 e. The van der Waals surface area contributed by atoms with E-state index in [4.69, 9.17) is 14.8 Å². The van der Waals surface area contributed by atoms with E-state index in [2.05, 4.69) is 29.6 Å². The number of unbranched alkanes of at least 4 members (excludes halogenated alkanes) is 2. The minimum atomic E-state index is -4.30. The number of aliphatic imine (C=N–C) groups is 1. The Kier molecular flexibility index (Phi) is 9.14. The second-order valence-electron chi connectivity index (χ2n) is 10.6. The molecule has 0 unspecified atom stereocenters. The molecule has 3 rings (SSSR count). The normalized spacial score (nSPS) is 19.1. The maximum atomic E-state index is 11.0. The smallest absolute Gasteiger partial charge is 0.327 e. The van der Waals surface area contributed by atoms with Crippen molar-refractivity contribution in [2.45, 2.75) is 71.8 Å². The van der Waals surface area contributed by atoms with Gasteiger partial charge < -0.3 is 14.4 Å². The first kappa shape index (κ1) is 29.5. The van der Waals surface area contributed by atoms with E-state index in [0.29, 0.717) is 12.3 Å². The number of methoxy groups -OCH3 is 1. The minimum absolute atomic E-state index is 0.162. The summed E-state index contributed by atoms with van der Waals surface area (Å²) in [5.41, 5.74) is 2.03. The number of carbonyl (C=O) groups is 1. The molecule has 11 heteroatoms. The van der Waals surface area contributed by atoms with Crippen LogP contribution in [0.2, 0.25) is 0 Å². The van der Waals surface area contributed by atoms with Crippen molar-refractivity contribution in [1.82, 2.24) is 5.01 Å². The van der Waals surface area contributed by atoms with Gasteiger partial charge in [-0.25, -0.2) is 13.0 Å². The molecule has 38 heavy (non-hydrogen) atoms. The summed E-state index contributed by atoms with van der Waals surface area (Å²) in [6.45, 7) is 9.27. The molecule has 0 bridgehead atoms. The predicted molar refractivity (Wildman–Crippen MR) is 144 cm³/mol. The quantitative estimate of drug-likeness (QED) is 0.240. The summed E-state index contributed by atoms with van der Waals surface area (Å²) in [5, 5.41) is 15.0. The van der Waals surface area contributed by atoms with E-state index in [9.17, 15) is 17.8 Å². The van der Waals surface area contributed by atoms with Crippen LogP contribution in [0.15, 0.2) is 52.3 Å².